The van der Waals surface area contributed by atoms with Crippen LogP contribution in [0, 0.1) is 17.4 Å². The van der Waals surface area contributed by atoms with Crippen molar-refractivity contribution in [1.82, 2.24) is 9.78 Å². The Morgan fingerprint density at radius 1 is 1.33 bits per heavy atom. The monoisotopic (exact) mass is 411 g/mol. The van der Waals surface area contributed by atoms with E-state index in [0.717, 1.165) is 30.7 Å². The number of carbonyl (C=O) groups is 1. The summed E-state index contributed by atoms with van der Waals surface area (Å²) in [5, 5.41) is 8.38. The molecule has 4 nitrogen and oxygen atoms in total. The van der Waals surface area contributed by atoms with Crippen LogP contribution >= 0.6 is 33.9 Å². The predicted molar refractivity (Wildman–Crippen MR) is 95.2 cm³/mol. The summed E-state index contributed by atoms with van der Waals surface area (Å²) in [5.74, 6) is -0.0695. The minimum atomic E-state index is -0.0695. The molecular formula is C15H14IN3OS. The highest BCUT2D eigenvalue weighted by molar-refractivity contribution is 14.1. The van der Waals surface area contributed by atoms with E-state index in [-0.39, 0.29) is 5.91 Å². The fourth-order valence-corrected chi connectivity index (χ4v) is 3.93. The van der Waals surface area contributed by atoms with Crippen molar-refractivity contribution in [2.75, 3.05) is 5.32 Å². The number of nitrogens with zero attached hydrogens (tertiary/aromatic N) is 2. The van der Waals surface area contributed by atoms with Gasteiger partial charge in [-0.15, -0.1) is 11.3 Å². The summed E-state index contributed by atoms with van der Waals surface area (Å²) >= 11 is 3.73. The number of benzene rings is 1. The van der Waals surface area contributed by atoms with Gasteiger partial charge < -0.3 is 5.32 Å². The molecule has 0 aliphatic heterocycles. The first kappa shape index (κ1) is 14.5. The van der Waals surface area contributed by atoms with Crippen molar-refractivity contribution in [1.29, 1.82) is 0 Å². The number of nitrogens with one attached hydrogen (secondary N) is 1. The predicted octanol–water partition coefficient (Wildman–Crippen LogP) is 4.11. The maximum absolute atomic E-state index is 12.4. The first-order valence-corrected chi connectivity index (χ1v) is 8.36. The normalized spacial score (nSPS) is 11.0. The van der Waals surface area contributed by atoms with Crippen molar-refractivity contribution < 1.29 is 4.79 Å². The second-order valence-corrected chi connectivity index (χ2v) is 7.23. The van der Waals surface area contributed by atoms with Crippen LogP contribution in [0.1, 0.15) is 20.9 Å². The zero-order valence-electron chi connectivity index (χ0n) is 11.9. The van der Waals surface area contributed by atoms with E-state index in [2.05, 4.69) is 39.1 Å². The molecule has 0 saturated heterocycles. The van der Waals surface area contributed by atoms with Crippen molar-refractivity contribution >= 4 is 55.7 Å². The molecule has 0 fully saturated rings. The molecule has 0 spiro atoms. The van der Waals surface area contributed by atoms with Crippen LogP contribution in [0.25, 0.3) is 10.2 Å². The Bertz CT molecular complexity index is 816. The molecule has 1 amide bonds. The van der Waals surface area contributed by atoms with E-state index in [1.165, 1.54) is 11.3 Å². The quantitative estimate of drug-likeness (QED) is 0.646. The SMILES string of the molecule is Cc1cc(I)ccc1NC(=O)c1cc2c(C)nn(C)c2s1. The van der Waals surface area contributed by atoms with Gasteiger partial charge in [-0.1, -0.05) is 0 Å². The lowest BCUT2D eigenvalue weighted by atomic mass is 10.2. The van der Waals surface area contributed by atoms with E-state index in [4.69, 9.17) is 0 Å². The van der Waals surface area contributed by atoms with Gasteiger partial charge in [0.25, 0.3) is 5.91 Å². The highest BCUT2D eigenvalue weighted by Gasteiger charge is 2.15. The van der Waals surface area contributed by atoms with E-state index in [1.54, 1.807) is 0 Å². The molecule has 1 N–H and O–H groups in total. The fourth-order valence-electron chi connectivity index (χ4n) is 2.27. The third-order valence-corrected chi connectivity index (χ3v) is 5.23. The van der Waals surface area contributed by atoms with Gasteiger partial charge in [0.15, 0.2) is 0 Å². The third kappa shape index (κ3) is 2.69. The van der Waals surface area contributed by atoms with Gasteiger partial charge in [-0.2, -0.15) is 5.10 Å². The molecule has 0 saturated carbocycles. The Morgan fingerprint density at radius 2 is 2.10 bits per heavy atom. The molecule has 0 bridgehead atoms. The number of halogens is 1. The molecule has 108 valence electrons. The standard InChI is InChI=1S/C15H14IN3OS/c1-8-6-10(16)4-5-12(8)17-14(20)13-7-11-9(2)18-19(3)15(11)21-13/h4-7H,1-3H3,(H,17,20). The number of aryl methyl sites for hydroxylation is 3. The lowest BCUT2D eigenvalue weighted by Crippen LogP contribution is -2.11. The number of fused-ring (bicyclic) bond motifs is 1. The summed E-state index contributed by atoms with van der Waals surface area (Å²) < 4.78 is 2.98. The summed E-state index contributed by atoms with van der Waals surface area (Å²) in [6, 6.07) is 7.89. The van der Waals surface area contributed by atoms with E-state index in [1.807, 2.05) is 43.8 Å². The molecule has 6 heteroatoms. The minimum Gasteiger partial charge on any atom is -0.321 e. The maximum Gasteiger partial charge on any atom is 0.265 e. The Kier molecular flexibility index (Phi) is 3.75. The van der Waals surface area contributed by atoms with Crippen molar-refractivity contribution in [3.05, 3.63) is 44.0 Å². The minimum absolute atomic E-state index is 0.0695. The molecule has 0 radical (unpaired) electrons. The van der Waals surface area contributed by atoms with Crippen molar-refractivity contribution in [3.63, 3.8) is 0 Å². The van der Waals surface area contributed by atoms with Crippen LogP contribution in [-0.4, -0.2) is 15.7 Å². The van der Waals surface area contributed by atoms with Crippen LogP contribution in [0.3, 0.4) is 0 Å². The molecule has 0 aliphatic carbocycles. The van der Waals surface area contributed by atoms with Crippen LogP contribution in [0.15, 0.2) is 24.3 Å². The number of thiophene rings is 1. The summed E-state index contributed by atoms with van der Waals surface area (Å²) in [6.07, 6.45) is 0. The van der Waals surface area contributed by atoms with Gasteiger partial charge in [-0.05, 0) is 66.3 Å². The smallest absolute Gasteiger partial charge is 0.265 e. The average molecular weight is 411 g/mol. The number of hydrogen-bond acceptors (Lipinski definition) is 3. The first-order valence-electron chi connectivity index (χ1n) is 6.46. The number of rotatable bonds is 2. The van der Waals surface area contributed by atoms with Crippen molar-refractivity contribution in [2.45, 2.75) is 13.8 Å². The first-order chi connectivity index (χ1) is 9.95. The zero-order chi connectivity index (χ0) is 15.1. The van der Waals surface area contributed by atoms with Crippen LogP contribution in [-0.2, 0) is 7.05 Å². The Morgan fingerprint density at radius 3 is 2.76 bits per heavy atom. The average Bonchev–Trinajstić information content (AvgIpc) is 2.96. The molecule has 21 heavy (non-hydrogen) atoms. The van der Waals surface area contributed by atoms with Gasteiger partial charge in [0.2, 0.25) is 0 Å². The van der Waals surface area contributed by atoms with E-state index in [0.29, 0.717) is 4.88 Å². The lowest BCUT2D eigenvalue weighted by molar-refractivity contribution is 0.103. The van der Waals surface area contributed by atoms with E-state index >= 15 is 0 Å². The van der Waals surface area contributed by atoms with Gasteiger partial charge in [0.05, 0.1) is 10.6 Å². The van der Waals surface area contributed by atoms with E-state index in [9.17, 15) is 4.79 Å². The number of anilines is 1. The molecule has 2 aromatic heterocycles. The van der Waals surface area contributed by atoms with Crippen molar-refractivity contribution in [3.8, 4) is 0 Å². The van der Waals surface area contributed by atoms with Crippen LogP contribution < -0.4 is 5.32 Å². The summed E-state index contributed by atoms with van der Waals surface area (Å²) in [6.45, 7) is 3.96. The summed E-state index contributed by atoms with van der Waals surface area (Å²) in [7, 11) is 1.90. The summed E-state index contributed by atoms with van der Waals surface area (Å²) in [5.41, 5.74) is 2.87. The van der Waals surface area contributed by atoms with Crippen LogP contribution in [0.5, 0.6) is 0 Å². The number of amides is 1. The number of aromatic nitrogens is 2. The topological polar surface area (TPSA) is 46.9 Å². The number of hydrogen-bond donors (Lipinski definition) is 1. The zero-order valence-corrected chi connectivity index (χ0v) is 14.9. The lowest BCUT2D eigenvalue weighted by Gasteiger charge is -2.07. The molecule has 0 aliphatic rings. The van der Waals surface area contributed by atoms with Gasteiger partial charge in [-0.3, -0.25) is 9.48 Å². The second-order valence-electron chi connectivity index (χ2n) is 4.95. The second kappa shape index (κ2) is 5.42. The Balaban J connectivity index is 1.91. The fraction of sp³-hybridized carbons (Fsp3) is 0.200. The largest absolute Gasteiger partial charge is 0.321 e. The van der Waals surface area contributed by atoms with Gasteiger partial charge in [0.1, 0.15) is 4.83 Å². The Labute approximate surface area is 140 Å². The van der Waals surface area contributed by atoms with E-state index < -0.39 is 0 Å². The van der Waals surface area contributed by atoms with Crippen LogP contribution in [0.4, 0.5) is 5.69 Å². The van der Waals surface area contributed by atoms with Crippen molar-refractivity contribution in [2.24, 2.45) is 7.05 Å². The molecule has 0 unspecified atom stereocenters. The number of carbonyl (C=O) groups excluding carboxylic acids is 1. The molecule has 1 aromatic carbocycles. The van der Waals surface area contributed by atoms with Gasteiger partial charge >= 0.3 is 0 Å². The highest BCUT2D eigenvalue weighted by Crippen LogP contribution is 2.28. The molecule has 3 rings (SSSR count). The maximum atomic E-state index is 12.4. The van der Waals surface area contributed by atoms with Crippen LogP contribution in [0.2, 0.25) is 0 Å². The Hall–Kier alpha value is -1.41. The molecular weight excluding hydrogens is 397 g/mol. The molecule has 2 heterocycles. The molecule has 0 atom stereocenters. The third-order valence-electron chi connectivity index (χ3n) is 3.36. The molecule has 3 aromatic rings. The summed E-state index contributed by atoms with van der Waals surface area (Å²) in [4.78, 5) is 14.1. The highest BCUT2D eigenvalue weighted by atomic mass is 127. The van der Waals surface area contributed by atoms with Gasteiger partial charge in [-0.25, -0.2) is 0 Å². The van der Waals surface area contributed by atoms with Gasteiger partial charge in [0, 0.05) is 21.7 Å².